The second-order valence-corrected chi connectivity index (χ2v) is 6.64. The lowest BCUT2D eigenvalue weighted by Gasteiger charge is -2.37. The Morgan fingerprint density at radius 1 is 1.08 bits per heavy atom. The Balaban J connectivity index is 1.65. The van der Waals surface area contributed by atoms with E-state index in [0.29, 0.717) is 0 Å². The van der Waals surface area contributed by atoms with E-state index < -0.39 is 0 Å². The molecule has 0 unspecified atom stereocenters. The molecule has 0 saturated carbocycles. The van der Waals surface area contributed by atoms with Crippen LogP contribution >= 0.6 is 0 Å². The van der Waals surface area contributed by atoms with Crippen LogP contribution in [0.15, 0.2) is 59.4 Å². The van der Waals surface area contributed by atoms with Gasteiger partial charge in [0.1, 0.15) is 17.4 Å². The first kappa shape index (κ1) is 15.3. The van der Waals surface area contributed by atoms with Crippen LogP contribution in [-0.4, -0.2) is 30.9 Å². The summed E-state index contributed by atoms with van der Waals surface area (Å²) >= 11 is 0. The molecule has 3 aliphatic rings. The van der Waals surface area contributed by atoms with Crippen molar-refractivity contribution in [1.29, 1.82) is 0 Å². The molecule has 5 rings (SSSR count). The average Bonchev–Trinajstić information content (AvgIpc) is 3.37. The Kier molecular flexibility index (Phi) is 3.59. The lowest BCUT2D eigenvalue weighted by Crippen LogP contribution is -2.35. The van der Waals surface area contributed by atoms with Crippen LogP contribution in [-0.2, 0) is 0 Å². The molecule has 0 atom stereocenters. The van der Waals surface area contributed by atoms with E-state index >= 15 is 0 Å². The van der Waals surface area contributed by atoms with Crippen LogP contribution in [0.2, 0.25) is 0 Å². The first-order valence-corrected chi connectivity index (χ1v) is 9.11. The summed E-state index contributed by atoms with van der Waals surface area (Å²) in [7, 11) is 1.69. The molecule has 0 bridgehead atoms. The minimum absolute atomic E-state index is 0.820. The third-order valence-electron chi connectivity index (χ3n) is 5.08. The van der Waals surface area contributed by atoms with Gasteiger partial charge < -0.3 is 14.4 Å². The first-order chi connectivity index (χ1) is 12.8. The maximum absolute atomic E-state index is 6.15. The number of amidine groups is 1. The van der Waals surface area contributed by atoms with Crippen molar-refractivity contribution in [1.82, 2.24) is 4.90 Å². The van der Waals surface area contributed by atoms with E-state index in [1.54, 1.807) is 7.11 Å². The number of fused-ring (bicyclic) bond motifs is 2. The van der Waals surface area contributed by atoms with Gasteiger partial charge >= 0.3 is 0 Å². The van der Waals surface area contributed by atoms with Crippen LogP contribution < -0.4 is 14.4 Å². The Hall–Kier alpha value is -2.95. The van der Waals surface area contributed by atoms with E-state index in [9.17, 15) is 0 Å². The first-order valence-electron chi connectivity index (χ1n) is 9.11. The van der Waals surface area contributed by atoms with Gasteiger partial charge in [0.25, 0.3) is 0 Å². The van der Waals surface area contributed by atoms with Gasteiger partial charge in [0.05, 0.1) is 18.5 Å². The second kappa shape index (κ2) is 6.09. The van der Waals surface area contributed by atoms with Crippen molar-refractivity contribution in [3.05, 3.63) is 54.4 Å². The summed E-state index contributed by atoms with van der Waals surface area (Å²) in [4.78, 5) is 9.37. The predicted octanol–water partition coefficient (Wildman–Crippen LogP) is 4.68. The Labute approximate surface area is 153 Å². The van der Waals surface area contributed by atoms with E-state index in [1.165, 1.54) is 5.84 Å². The summed E-state index contributed by atoms with van der Waals surface area (Å²) in [6.45, 7) is 1.91. The van der Waals surface area contributed by atoms with Crippen LogP contribution in [0, 0.1) is 0 Å². The van der Waals surface area contributed by atoms with E-state index in [4.69, 9.17) is 14.5 Å². The molecule has 0 aliphatic carbocycles. The van der Waals surface area contributed by atoms with Crippen molar-refractivity contribution in [2.24, 2.45) is 4.99 Å². The maximum atomic E-state index is 6.15. The summed E-state index contributed by atoms with van der Waals surface area (Å²) < 4.78 is 11.6. The summed E-state index contributed by atoms with van der Waals surface area (Å²) in [6, 6.07) is 14.1. The monoisotopic (exact) mass is 347 g/mol. The molecule has 0 radical (unpaired) electrons. The van der Waals surface area contributed by atoms with E-state index in [1.807, 2.05) is 36.4 Å². The number of benzene rings is 2. The molecule has 3 heterocycles. The average molecular weight is 347 g/mol. The zero-order valence-electron chi connectivity index (χ0n) is 14.8. The molecule has 0 fully saturated rings. The van der Waals surface area contributed by atoms with Crippen LogP contribution in [0.1, 0.15) is 19.3 Å². The van der Waals surface area contributed by atoms with Crippen molar-refractivity contribution in [3.63, 3.8) is 0 Å². The molecular formula is C21H21N3O2. The smallest absolute Gasteiger partial charge is 0.151 e. The number of anilines is 2. The lowest BCUT2D eigenvalue weighted by atomic mass is 10.1. The van der Waals surface area contributed by atoms with Gasteiger partial charge in [-0.2, -0.15) is 0 Å². The van der Waals surface area contributed by atoms with Crippen molar-refractivity contribution in [2.75, 3.05) is 25.1 Å². The van der Waals surface area contributed by atoms with Crippen molar-refractivity contribution in [3.8, 4) is 17.2 Å². The molecule has 0 aromatic heterocycles. The molecule has 0 saturated heterocycles. The summed E-state index contributed by atoms with van der Waals surface area (Å²) in [5.41, 5.74) is 2.05. The van der Waals surface area contributed by atoms with E-state index in [-0.39, 0.29) is 0 Å². The fourth-order valence-electron chi connectivity index (χ4n) is 3.87. The highest BCUT2D eigenvalue weighted by Gasteiger charge is 2.33. The molecular weight excluding hydrogens is 326 g/mol. The van der Waals surface area contributed by atoms with Crippen LogP contribution in [0.25, 0.3) is 0 Å². The van der Waals surface area contributed by atoms with Crippen LogP contribution in [0.4, 0.5) is 11.4 Å². The van der Waals surface area contributed by atoms with Crippen molar-refractivity contribution in [2.45, 2.75) is 19.3 Å². The highest BCUT2D eigenvalue weighted by Crippen LogP contribution is 2.50. The molecule has 132 valence electrons. The molecule has 3 aliphatic heterocycles. The molecule has 0 amide bonds. The Bertz CT molecular complexity index is 919. The number of para-hydroxylation sites is 2. The highest BCUT2D eigenvalue weighted by molar-refractivity contribution is 5.89. The van der Waals surface area contributed by atoms with Gasteiger partial charge in [-0.25, -0.2) is 0 Å². The zero-order valence-corrected chi connectivity index (χ0v) is 14.8. The molecule has 0 spiro atoms. The quantitative estimate of drug-likeness (QED) is 0.790. The standard InChI is InChI=1S/C21H21N3O2/c1-25-15-10-11-19-17(14-15)24(16-6-2-3-7-18(16)26-19)21-9-5-13-23(21)20-8-4-12-22-20/h2-3,6-7,9-11,14H,4-5,8,12-13H2,1H3. The number of hydrogen-bond acceptors (Lipinski definition) is 5. The number of nitrogens with zero attached hydrogens (tertiary/aromatic N) is 3. The van der Waals surface area contributed by atoms with Crippen molar-refractivity contribution < 1.29 is 9.47 Å². The van der Waals surface area contributed by atoms with Gasteiger partial charge in [-0.15, -0.1) is 0 Å². The summed E-state index contributed by atoms with van der Waals surface area (Å²) in [5, 5.41) is 0. The summed E-state index contributed by atoms with van der Waals surface area (Å²) in [6.07, 6.45) is 5.51. The van der Waals surface area contributed by atoms with Gasteiger partial charge in [-0.05, 0) is 43.2 Å². The zero-order chi connectivity index (χ0) is 17.5. The SMILES string of the molecule is COc1ccc2c(c1)N(C1=CCCN1C1=NCCC1)c1ccccc1O2. The van der Waals surface area contributed by atoms with Gasteiger partial charge in [0.15, 0.2) is 11.5 Å². The highest BCUT2D eigenvalue weighted by atomic mass is 16.5. The van der Waals surface area contributed by atoms with E-state index in [2.05, 4.69) is 21.9 Å². The largest absolute Gasteiger partial charge is 0.497 e. The predicted molar refractivity (Wildman–Crippen MR) is 103 cm³/mol. The number of ether oxygens (including phenoxy) is 2. The fraction of sp³-hybridized carbons (Fsp3) is 0.286. The Morgan fingerprint density at radius 2 is 1.96 bits per heavy atom. The number of rotatable bonds is 2. The van der Waals surface area contributed by atoms with Crippen LogP contribution in [0.3, 0.4) is 0 Å². The topological polar surface area (TPSA) is 37.3 Å². The van der Waals surface area contributed by atoms with Gasteiger partial charge in [-0.3, -0.25) is 9.89 Å². The third kappa shape index (κ3) is 2.35. The minimum Gasteiger partial charge on any atom is -0.497 e. The normalized spacial score (nSPS) is 18.0. The number of methoxy groups -OCH3 is 1. The van der Waals surface area contributed by atoms with Gasteiger partial charge in [-0.1, -0.05) is 12.1 Å². The molecule has 26 heavy (non-hydrogen) atoms. The van der Waals surface area contributed by atoms with Gasteiger partial charge in [0, 0.05) is 25.6 Å². The third-order valence-corrected chi connectivity index (χ3v) is 5.08. The van der Waals surface area contributed by atoms with Crippen molar-refractivity contribution >= 4 is 17.2 Å². The molecule has 2 aromatic rings. The minimum atomic E-state index is 0.820. The maximum Gasteiger partial charge on any atom is 0.151 e. The fourth-order valence-corrected chi connectivity index (χ4v) is 3.87. The number of aliphatic imine (C=N–C) groups is 1. The Morgan fingerprint density at radius 3 is 2.81 bits per heavy atom. The molecule has 5 nitrogen and oxygen atoms in total. The van der Waals surface area contributed by atoms with Crippen LogP contribution in [0.5, 0.6) is 17.2 Å². The molecule has 0 N–H and O–H groups in total. The molecule has 2 aromatic carbocycles. The van der Waals surface area contributed by atoms with E-state index in [0.717, 1.165) is 66.8 Å². The lowest BCUT2D eigenvalue weighted by molar-refractivity contribution is 0.412. The second-order valence-electron chi connectivity index (χ2n) is 6.64. The molecule has 5 heteroatoms. The van der Waals surface area contributed by atoms with Gasteiger partial charge in [0.2, 0.25) is 0 Å². The number of hydrogen-bond donors (Lipinski definition) is 0. The summed E-state index contributed by atoms with van der Waals surface area (Å²) in [5.74, 6) is 4.88.